The average molecular weight is 277 g/mol. The number of rotatable bonds is 5. The number of benzene rings is 1. The van der Waals surface area contributed by atoms with Gasteiger partial charge < -0.3 is 10.4 Å². The van der Waals surface area contributed by atoms with Crippen LogP contribution < -0.4 is 5.32 Å². The quantitative estimate of drug-likeness (QED) is 0.860. The van der Waals surface area contributed by atoms with Crippen LogP contribution in [0.15, 0.2) is 36.5 Å². The fourth-order valence-electron chi connectivity index (χ4n) is 1.56. The van der Waals surface area contributed by atoms with E-state index >= 15 is 0 Å². The van der Waals surface area contributed by atoms with Crippen molar-refractivity contribution in [3.05, 3.63) is 48.0 Å². The summed E-state index contributed by atoms with van der Waals surface area (Å²) in [5.41, 5.74) is 0.788. The monoisotopic (exact) mass is 277 g/mol. The zero-order valence-corrected chi connectivity index (χ0v) is 10.4. The Kier molecular flexibility index (Phi) is 4.09. The molecule has 1 amide bonds. The lowest BCUT2D eigenvalue weighted by atomic mass is 10.3. The number of halogens is 1. The van der Waals surface area contributed by atoms with Crippen LogP contribution in [0.25, 0.3) is 5.69 Å². The Morgan fingerprint density at radius 2 is 1.95 bits per heavy atom. The summed E-state index contributed by atoms with van der Waals surface area (Å²) in [4.78, 5) is 22.0. The van der Waals surface area contributed by atoms with Crippen molar-refractivity contribution < 1.29 is 19.1 Å². The summed E-state index contributed by atoms with van der Waals surface area (Å²) in [5, 5.41) is 15.0. The second kappa shape index (κ2) is 5.96. The molecule has 20 heavy (non-hydrogen) atoms. The van der Waals surface area contributed by atoms with E-state index in [1.54, 1.807) is 6.20 Å². The van der Waals surface area contributed by atoms with Crippen LogP contribution in [0, 0.1) is 5.82 Å². The predicted molar refractivity (Wildman–Crippen MR) is 68.1 cm³/mol. The second-order valence-corrected chi connectivity index (χ2v) is 4.02. The summed E-state index contributed by atoms with van der Waals surface area (Å²) in [6.45, 7) is 0.0393. The summed E-state index contributed by atoms with van der Waals surface area (Å²) in [6, 6.07) is 7.16. The lowest BCUT2D eigenvalue weighted by Gasteiger charge is -2.01. The molecule has 0 saturated carbocycles. The third kappa shape index (κ3) is 3.41. The largest absolute Gasteiger partial charge is 0.481 e. The second-order valence-electron chi connectivity index (χ2n) is 4.02. The highest BCUT2D eigenvalue weighted by molar-refractivity contribution is 5.92. The lowest BCUT2D eigenvalue weighted by Crippen LogP contribution is -2.26. The van der Waals surface area contributed by atoms with Gasteiger partial charge in [-0.3, -0.25) is 9.59 Å². The number of carboxylic acid groups (broad SMARTS) is 1. The standard InChI is InChI=1S/C13H12FN3O3/c14-9-1-3-10(4-2-9)17-8-6-11(16-17)13(20)15-7-5-12(18)19/h1-4,6,8H,5,7H2,(H,15,20)(H,18,19). The topological polar surface area (TPSA) is 84.2 Å². The Morgan fingerprint density at radius 1 is 1.25 bits per heavy atom. The number of carbonyl (C=O) groups excluding carboxylic acids is 1. The smallest absolute Gasteiger partial charge is 0.305 e. The number of carbonyl (C=O) groups is 2. The van der Waals surface area contributed by atoms with Crippen LogP contribution in [0.5, 0.6) is 0 Å². The van der Waals surface area contributed by atoms with E-state index in [0.717, 1.165) is 0 Å². The molecule has 2 rings (SSSR count). The molecule has 0 fully saturated rings. The van der Waals surface area contributed by atoms with E-state index in [1.165, 1.54) is 35.0 Å². The molecule has 2 aromatic rings. The molecule has 0 spiro atoms. The Bertz CT molecular complexity index is 622. The van der Waals surface area contributed by atoms with Gasteiger partial charge in [-0.15, -0.1) is 0 Å². The first-order chi connectivity index (χ1) is 9.56. The van der Waals surface area contributed by atoms with Crippen molar-refractivity contribution >= 4 is 11.9 Å². The third-order valence-corrected chi connectivity index (χ3v) is 2.54. The van der Waals surface area contributed by atoms with Gasteiger partial charge in [-0.1, -0.05) is 0 Å². The van der Waals surface area contributed by atoms with E-state index in [4.69, 9.17) is 5.11 Å². The van der Waals surface area contributed by atoms with Crippen LogP contribution in [0.4, 0.5) is 4.39 Å². The Morgan fingerprint density at radius 3 is 2.60 bits per heavy atom. The van der Waals surface area contributed by atoms with Gasteiger partial charge in [-0.2, -0.15) is 5.10 Å². The van der Waals surface area contributed by atoms with Gasteiger partial charge in [0.05, 0.1) is 12.1 Å². The minimum Gasteiger partial charge on any atom is -0.481 e. The minimum atomic E-state index is -0.984. The highest BCUT2D eigenvalue weighted by Gasteiger charge is 2.10. The van der Waals surface area contributed by atoms with E-state index in [2.05, 4.69) is 10.4 Å². The first-order valence-electron chi connectivity index (χ1n) is 5.88. The van der Waals surface area contributed by atoms with Crippen LogP contribution >= 0.6 is 0 Å². The van der Waals surface area contributed by atoms with Crippen LogP contribution in [0.3, 0.4) is 0 Å². The summed E-state index contributed by atoms with van der Waals surface area (Å²) in [6.07, 6.45) is 1.42. The molecule has 2 N–H and O–H groups in total. The number of aromatic nitrogens is 2. The number of carboxylic acids is 1. The first kappa shape index (κ1) is 13.7. The Hall–Kier alpha value is -2.70. The van der Waals surface area contributed by atoms with Gasteiger partial charge >= 0.3 is 5.97 Å². The Labute approximate surface area is 113 Å². The third-order valence-electron chi connectivity index (χ3n) is 2.54. The van der Waals surface area contributed by atoms with Crippen molar-refractivity contribution in [1.82, 2.24) is 15.1 Å². The average Bonchev–Trinajstić information content (AvgIpc) is 2.88. The van der Waals surface area contributed by atoms with Gasteiger partial charge in [0.2, 0.25) is 0 Å². The van der Waals surface area contributed by atoms with Crippen molar-refractivity contribution in [2.75, 3.05) is 6.54 Å². The van der Waals surface area contributed by atoms with E-state index in [9.17, 15) is 14.0 Å². The maximum absolute atomic E-state index is 12.8. The lowest BCUT2D eigenvalue weighted by molar-refractivity contribution is -0.136. The molecule has 0 unspecified atom stereocenters. The molecule has 104 valence electrons. The van der Waals surface area contributed by atoms with Gasteiger partial charge in [0.15, 0.2) is 5.69 Å². The van der Waals surface area contributed by atoms with Crippen molar-refractivity contribution in [2.45, 2.75) is 6.42 Å². The SMILES string of the molecule is O=C(O)CCNC(=O)c1ccn(-c2ccc(F)cc2)n1. The fraction of sp³-hybridized carbons (Fsp3) is 0.154. The summed E-state index contributed by atoms with van der Waals surface area (Å²) in [7, 11) is 0. The van der Waals surface area contributed by atoms with Crippen LogP contribution in [-0.4, -0.2) is 33.3 Å². The van der Waals surface area contributed by atoms with Crippen molar-refractivity contribution in [1.29, 1.82) is 0 Å². The normalized spacial score (nSPS) is 10.2. The Balaban J connectivity index is 2.03. The molecule has 1 aromatic carbocycles. The maximum Gasteiger partial charge on any atom is 0.305 e. The van der Waals surface area contributed by atoms with Gasteiger partial charge in [0.25, 0.3) is 5.91 Å². The summed E-state index contributed by atoms with van der Waals surface area (Å²) < 4.78 is 14.2. The van der Waals surface area contributed by atoms with Crippen molar-refractivity contribution in [3.8, 4) is 5.69 Å². The number of hydrogen-bond donors (Lipinski definition) is 2. The molecule has 0 bridgehead atoms. The van der Waals surface area contributed by atoms with Gasteiger partial charge in [0.1, 0.15) is 5.82 Å². The highest BCUT2D eigenvalue weighted by atomic mass is 19.1. The highest BCUT2D eigenvalue weighted by Crippen LogP contribution is 2.08. The van der Waals surface area contributed by atoms with E-state index in [1.807, 2.05) is 0 Å². The molecule has 7 heteroatoms. The number of amides is 1. The number of aliphatic carboxylic acids is 1. The number of hydrogen-bond acceptors (Lipinski definition) is 3. The zero-order chi connectivity index (χ0) is 14.5. The van der Waals surface area contributed by atoms with Crippen molar-refractivity contribution in [2.24, 2.45) is 0 Å². The van der Waals surface area contributed by atoms with Gasteiger partial charge in [-0.25, -0.2) is 9.07 Å². The predicted octanol–water partition coefficient (Wildman–Crippen LogP) is 1.22. The molecule has 0 aliphatic rings. The summed E-state index contributed by atoms with van der Waals surface area (Å²) in [5.74, 6) is -1.79. The molecule has 6 nitrogen and oxygen atoms in total. The summed E-state index contributed by atoms with van der Waals surface area (Å²) >= 11 is 0. The van der Waals surface area contributed by atoms with Crippen LogP contribution in [0.2, 0.25) is 0 Å². The minimum absolute atomic E-state index is 0.0393. The molecule has 0 radical (unpaired) electrons. The van der Waals surface area contributed by atoms with E-state index < -0.39 is 11.9 Å². The number of nitrogens with one attached hydrogen (secondary N) is 1. The molecule has 0 aliphatic heterocycles. The van der Waals surface area contributed by atoms with Crippen LogP contribution in [-0.2, 0) is 4.79 Å². The first-order valence-corrected chi connectivity index (χ1v) is 5.88. The van der Waals surface area contributed by atoms with Crippen molar-refractivity contribution in [3.63, 3.8) is 0 Å². The number of nitrogens with zero attached hydrogens (tertiary/aromatic N) is 2. The van der Waals surface area contributed by atoms with E-state index in [0.29, 0.717) is 5.69 Å². The zero-order valence-electron chi connectivity index (χ0n) is 10.4. The molecule has 0 atom stereocenters. The molecule has 0 saturated heterocycles. The van der Waals surface area contributed by atoms with E-state index in [-0.39, 0.29) is 24.5 Å². The van der Waals surface area contributed by atoms with Gasteiger partial charge in [-0.05, 0) is 30.3 Å². The molecule has 1 aromatic heterocycles. The van der Waals surface area contributed by atoms with Crippen LogP contribution in [0.1, 0.15) is 16.9 Å². The fourth-order valence-corrected chi connectivity index (χ4v) is 1.56. The molecular formula is C13H12FN3O3. The molecular weight excluding hydrogens is 265 g/mol. The molecule has 1 heterocycles. The maximum atomic E-state index is 12.8. The van der Waals surface area contributed by atoms with Gasteiger partial charge in [0, 0.05) is 12.7 Å². The molecule has 0 aliphatic carbocycles.